The number of nitrogens with zero attached hydrogens (tertiary/aromatic N) is 1. The van der Waals surface area contributed by atoms with Crippen LogP contribution in [0.25, 0.3) is 0 Å². The molecule has 2 N–H and O–H groups in total. The van der Waals surface area contributed by atoms with Crippen molar-refractivity contribution >= 4 is 12.0 Å². The number of rotatable bonds is 3. The molecule has 2 rings (SSSR count). The van der Waals surface area contributed by atoms with Gasteiger partial charge in [-0.25, -0.2) is 9.59 Å². The van der Waals surface area contributed by atoms with Crippen LogP contribution in [0.4, 0.5) is 4.79 Å². The first-order valence-electron chi connectivity index (χ1n) is 6.49. The minimum absolute atomic E-state index is 0.0783. The molecule has 1 saturated heterocycles. The van der Waals surface area contributed by atoms with Crippen molar-refractivity contribution in [1.29, 1.82) is 0 Å². The summed E-state index contributed by atoms with van der Waals surface area (Å²) in [6, 6.07) is 7.54. The van der Waals surface area contributed by atoms with Crippen LogP contribution in [0.2, 0.25) is 0 Å². The quantitative estimate of drug-likeness (QED) is 0.864. The van der Waals surface area contributed by atoms with E-state index in [-0.39, 0.29) is 19.2 Å². The summed E-state index contributed by atoms with van der Waals surface area (Å²) in [6.45, 7) is 3.14. The van der Waals surface area contributed by atoms with Crippen molar-refractivity contribution in [3.63, 3.8) is 0 Å². The van der Waals surface area contributed by atoms with Gasteiger partial charge < -0.3 is 20.1 Å². The summed E-state index contributed by atoms with van der Waals surface area (Å²) in [5.74, 6) is -1.04. The maximum absolute atomic E-state index is 12.0. The van der Waals surface area contributed by atoms with Crippen molar-refractivity contribution in [2.75, 3.05) is 19.7 Å². The fourth-order valence-corrected chi connectivity index (χ4v) is 2.07. The molecule has 1 fully saturated rings. The third-order valence-corrected chi connectivity index (χ3v) is 3.32. The molecule has 20 heavy (non-hydrogen) atoms. The monoisotopic (exact) mass is 278 g/mol. The highest BCUT2D eigenvalue weighted by Crippen LogP contribution is 2.08. The van der Waals surface area contributed by atoms with Crippen molar-refractivity contribution in [3.8, 4) is 0 Å². The van der Waals surface area contributed by atoms with Gasteiger partial charge in [-0.15, -0.1) is 0 Å². The summed E-state index contributed by atoms with van der Waals surface area (Å²) in [6.07, 6.45) is -0.937. The van der Waals surface area contributed by atoms with E-state index in [9.17, 15) is 9.59 Å². The fourth-order valence-electron chi connectivity index (χ4n) is 2.07. The van der Waals surface area contributed by atoms with Crippen molar-refractivity contribution in [1.82, 2.24) is 10.2 Å². The van der Waals surface area contributed by atoms with Gasteiger partial charge in [-0.2, -0.15) is 0 Å². The molecule has 0 radical (unpaired) electrons. The number of urea groups is 1. The van der Waals surface area contributed by atoms with Gasteiger partial charge >= 0.3 is 12.0 Å². The summed E-state index contributed by atoms with van der Waals surface area (Å²) in [5.41, 5.74) is 2.15. The third-order valence-electron chi connectivity index (χ3n) is 3.32. The van der Waals surface area contributed by atoms with E-state index < -0.39 is 12.1 Å². The molecule has 2 amide bonds. The lowest BCUT2D eigenvalue weighted by atomic mass is 10.1. The van der Waals surface area contributed by atoms with Gasteiger partial charge in [0.25, 0.3) is 0 Å². The molecule has 1 atom stereocenters. The maximum atomic E-state index is 12.0. The van der Waals surface area contributed by atoms with Gasteiger partial charge in [0, 0.05) is 13.1 Å². The van der Waals surface area contributed by atoms with Crippen LogP contribution < -0.4 is 5.32 Å². The lowest BCUT2D eigenvalue weighted by Gasteiger charge is -2.30. The highest BCUT2D eigenvalue weighted by Gasteiger charge is 2.28. The third kappa shape index (κ3) is 3.48. The van der Waals surface area contributed by atoms with Crippen LogP contribution in [0.1, 0.15) is 11.1 Å². The molecule has 0 aliphatic carbocycles. The Balaban J connectivity index is 1.89. The molecule has 6 heteroatoms. The number of carbonyl (C=O) groups is 2. The number of ether oxygens (including phenoxy) is 1. The van der Waals surface area contributed by atoms with Gasteiger partial charge in [0.05, 0.1) is 13.2 Å². The molecule has 0 aromatic heterocycles. The van der Waals surface area contributed by atoms with Gasteiger partial charge in [-0.3, -0.25) is 0 Å². The SMILES string of the molecule is Cc1ccccc1CNC(=O)N1CCOC(C(=O)O)C1. The van der Waals surface area contributed by atoms with Crippen LogP contribution in [-0.2, 0) is 16.1 Å². The highest BCUT2D eigenvalue weighted by molar-refractivity contribution is 5.77. The molecule has 1 aromatic carbocycles. The van der Waals surface area contributed by atoms with Crippen LogP contribution in [0, 0.1) is 6.92 Å². The zero-order chi connectivity index (χ0) is 14.5. The number of amides is 2. The average Bonchev–Trinajstić information content (AvgIpc) is 2.46. The molecule has 0 saturated carbocycles. The number of hydrogen-bond acceptors (Lipinski definition) is 3. The van der Waals surface area contributed by atoms with Crippen molar-refractivity contribution in [2.24, 2.45) is 0 Å². The minimum Gasteiger partial charge on any atom is -0.479 e. The predicted molar refractivity (Wildman–Crippen MR) is 72.4 cm³/mol. The molecule has 0 bridgehead atoms. The van der Waals surface area contributed by atoms with E-state index in [1.165, 1.54) is 4.90 Å². The second-order valence-electron chi connectivity index (χ2n) is 4.73. The van der Waals surface area contributed by atoms with Crippen LogP contribution in [0.5, 0.6) is 0 Å². The lowest BCUT2D eigenvalue weighted by Crippen LogP contribution is -2.51. The smallest absolute Gasteiger partial charge is 0.334 e. The van der Waals surface area contributed by atoms with E-state index in [0.717, 1.165) is 11.1 Å². The van der Waals surface area contributed by atoms with Crippen LogP contribution >= 0.6 is 0 Å². The standard InChI is InChI=1S/C14H18N2O4/c1-10-4-2-3-5-11(10)8-15-14(19)16-6-7-20-12(9-16)13(17)18/h2-5,12H,6-9H2,1H3,(H,15,19)(H,17,18). The predicted octanol–water partition coefficient (Wildman–Crippen LogP) is 0.990. The van der Waals surface area contributed by atoms with Crippen molar-refractivity contribution in [3.05, 3.63) is 35.4 Å². The number of nitrogens with one attached hydrogen (secondary N) is 1. The Morgan fingerprint density at radius 2 is 2.20 bits per heavy atom. The Morgan fingerprint density at radius 1 is 1.45 bits per heavy atom. The van der Waals surface area contributed by atoms with E-state index in [4.69, 9.17) is 9.84 Å². The van der Waals surface area contributed by atoms with Gasteiger partial charge in [-0.1, -0.05) is 24.3 Å². The van der Waals surface area contributed by atoms with Crippen LogP contribution in [0.3, 0.4) is 0 Å². The van der Waals surface area contributed by atoms with Crippen molar-refractivity contribution < 1.29 is 19.4 Å². The molecule has 1 aromatic rings. The molecular weight excluding hydrogens is 260 g/mol. The molecule has 1 heterocycles. The number of aliphatic carboxylic acids is 1. The van der Waals surface area contributed by atoms with E-state index >= 15 is 0 Å². The number of carbonyl (C=O) groups excluding carboxylic acids is 1. The summed E-state index contributed by atoms with van der Waals surface area (Å²) in [7, 11) is 0. The highest BCUT2D eigenvalue weighted by atomic mass is 16.5. The Kier molecular flexibility index (Phi) is 4.57. The number of carboxylic acid groups (broad SMARTS) is 1. The largest absolute Gasteiger partial charge is 0.479 e. The summed E-state index contributed by atoms with van der Waals surface area (Å²) in [5, 5.41) is 11.7. The Labute approximate surface area is 117 Å². The number of aryl methyl sites for hydroxylation is 1. The minimum atomic E-state index is -1.04. The molecule has 6 nitrogen and oxygen atoms in total. The maximum Gasteiger partial charge on any atom is 0.334 e. The number of benzene rings is 1. The zero-order valence-electron chi connectivity index (χ0n) is 11.3. The summed E-state index contributed by atoms with van der Waals surface area (Å²) in [4.78, 5) is 24.4. The van der Waals surface area contributed by atoms with Crippen LogP contribution in [0.15, 0.2) is 24.3 Å². The topological polar surface area (TPSA) is 78.9 Å². The first-order chi connectivity index (χ1) is 9.58. The van der Waals surface area contributed by atoms with Gasteiger partial charge in [0.1, 0.15) is 0 Å². The second-order valence-corrected chi connectivity index (χ2v) is 4.73. The molecular formula is C14H18N2O4. The lowest BCUT2D eigenvalue weighted by molar-refractivity contribution is -0.154. The second kappa shape index (κ2) is 6.38. The number of hydrogen-bond donors (Lipinski definition) is 2. The van der Waals surface area contributed by atoms with Gasteiger partial charge in [-0.05, 0) is 18.1 Å². The molecule has 0 spiro atoms. The normalized spacial score (nSPS) is 18.6. The Morgan fingerprint density at radius 3 is 2.90 bits per heavy atom. The first-order valence-corrected chi connectivity index (χ1v) is 6.49. The summed E-state index contributed by atoms with van der Waals surface area (Å²) >= 11 is 0. The first kappa shape index (κ1) is 14.3. The van der Waals surface area contributed by atoms with Gasteiger partial charge in [0.2, 0.25) is 0 Å². The zero-order valence-corrected chi connectivity index (χ0v) is 11.3. The number of morpholine rings is 1. The molecule has 1 aliphatic heterocycles. The van der Waals surface area contributed by atoms with Gasteiger partial charge in [0.15, 0.2) is 6.10 Å². The molecule has 1 aliphatic rings. The molecule has 1 unspecified atom stereocenters. The Bertz CT molecular complexity index is 504. The van der Waals surface area contributed by atoms with E-state index in [0.29, 0.717) is 13.1 Å². The average molecular weight is 278 g/mol. The van der Waals surface area contributed by atoms with E-state index in [1.807, 2.05) is 31.2 Å². The van der Waals surface area contributed by atoms with Crippen molar-refractivity contribution in [2.45, 2.75) is 19.6 Å². The van der Waals surface area contributed by atoms with Crippen LogP contribution in [-0.4, -0.2) is 47.8 Å². The van der Waals surface area contributed by atoms with E-state index in [2.05, 4.69) is 5.32 Å². The van der Waals surface area contributed by atoms with E-state index in [1.54, 1.807) is 0 Å². The Hall–Kier alpha value is -2.08. The number of carboxylic acids is 1. The fraction of sp³-hybridized carbons (Fsp3) is 0.429. The molecule has 108 valence electrons. The summed E-state index contributed by atoms with van der Waals surface area (Å²) < 4.78 is 5.08.